The SMILES string of the molecule is CC(C)(C)OC(=O)N1CCCC1[C@@H]1OCC(O)c2cc(F)ccc21. The fraction of sp³-hybridized carbons (Fsp3) is 0.611. The van der Waals surface area contributed by atoms with Crippen LogP contribution in [0.2, 0.25) is 0 Å². The Morgan fingerprint density at radius 1 is 1.38 bits per heavy atom. The molecule has 0 spiro atoms. The molecule has 2 heterocycles. The normalized spacial score (nSPS) is 27.0. The molecule has 0 aromatic heterocycles. The van der Waals surface area contributed by atoms with Crippen LogP contribution in [0, 0.1) is 5.82 Å². The second-order valence-corrected chi connectivity index (χ2v) is 7.43. The lowest BCUT2D eigenvalue weighted by Gasteiger charge is -2.37. The largest absolute Gasteiger partial charge is 0.444 e. The molecule has 0 bridgehead atoms. The van der Waals surface area contributed by atoms with Gasteiger partial charge in [-0.2, -0.15) is 0 Å². The lowest BCUT2D eigenvalue weighted by molar-refractivity contribution is -0.0641. The number of fused-ring (bicyclic) bond motifs is 1. The van der Waals surface area contributed by atoms with Crippen molar-refractivity contribution in [3.63, 3.8) is 0 Å². The molecule has 1 aromatic rings. The summed E-state index contributed by atoms with van der Waals surface area (Å²) in [5.74, 6) is -0.385. The molecular formula is C18H24FNO4. The van der Waals surface area contributed by atoms with Gasteiger partial charge in [-0.05, 0) is 56.9 Å². The summed E-state index contributed by atoms with van der Waals surface area (Å²) in [4.78, 5) is 14.2. The third kappa shape index (κ3) is 3.39. The van der Waals surface area contributed by atoms with Crippen molar-refractivity contribution in [2.24, 2.45) is 0 Å². The standard InChI is InChI=1S/C18H24FNO4/c1-18(2,3)24-17(22)20-8-4-5-14(20)16-12-7-6-11(19)9-13(12)15(21)10-23-16/h6-7,9,14-16,21H,4-5,8,10H2,1-3H3/t14?,15?,16-/m1/s1. The van der Waals surface area contributed by atoms with Gasteiger partial charge in [-0.3, -0.25) is 0 Å². The van der Waals surface area contributed by atoms with Crippen molar-refractivity contribution >= 4 is 6.09 Å². The minimum atomic E-state index is -0.844. The average molecular weight is 337 g/mol. The van der Waals surface area contributed by atoms with Gasteiger partial charge in [0.1, 0.15) is 23.6 Å². The van der Waals surface area contributed by atoms with Gasteiger partial charge in [0.15, 0.2) is 0 Å². The van der Waals surface area contributed by atoms with Gasteiger partial charge in [0.2, 0.25) is 0 Å². The van der Waals surface area contributed by atoms with Gasteiger partial charge in [0.05, 0.1) is 12.6 Å². The molecule has 2 aliphatic heterocycles. The second kappa shape index (κ2) is 6.33. The monoisotopic (exact) mass is 337 g/mol. The number of rotatable bonds is 1. The zero-order valence-corrected chi connectivity index (χ0v) is 14.3. The maximum atomic E-state index is 13.5. The Hall–Kier alpha value is -1.66. The maximum absolute atomic E-state index is 13.5. The van der Waals surface area contributed by atoms with Crippen LogP contribution >= 0.6 is 0 Å². The third-order valence-electron chi connectivity index (χ3n) is 4.42. The van der Waals surface area contributed by atoms with Crippen molar-refractivity contribution in [3.05, 3.63) is 35.1 Å². The molecule has 132 valence electrons. The van der Waals surface area contributed by atoms with Crippen molar-refractivity contribution < 1.29 is 23.8 Å². The van der Waals surface area contributed by atoms with Crippen LogP contribution in [0.25, 0.3) is 0 Å². The molecule has 1 amide bonds. The molecule has 6 heteroatoms. The molecule has 24 heavy (non-hydrogen) atoms. The van der Waals surface area contributed by atoms with Crippen LogP contribution in [0.3, 0.4) is 0 Å². The van der Waals surface area contributed by atoms with Crippen LogP contribution in [0.1, 0.15) is 56.9 Å². The van der Waals surface area contributed by atoms with Gasteiger partial charge < -0.3 is 19.5 Å². The summed E-state index contributed by atoms with van der Waals surface area (Å²) in [6.45, 7) is 6.21. The van der Waals surface area contributed by atoms with Crippen LogP contribution in [0.5, 0.6) is 0 Å². The molecule has 3 atom stereocenters. The van der Waals surface area contributed by atoms with E-state index in [0.29, 0.717) is 12.1 Å². The highest BCUT2D eigenvalue weighted by molar-refractivity contribution is 5.69. The number of aliphatic hydroxyl groups is 1. The van der Waals surface area contributed by atoms with Gasteiger partial charge in [0, 0.05) is 6.54 Å². The highest BCUT2D eigenvalue weighted by atomic mass is 19.1. The molecule has 0 radical (unpaired) electrons. The third-order valence-corrected chi connectivity index (χ3v) is 4.42. The van der Waals surface area contributed by atoms with Gasteiger partial charge >= 0.3 is 6.09 Å². The maximum Gasteiger partial charge on any atom is 0.410 e. The molecule has 3 rings (SSSR count). The fourth-order valence-corrected chi connectivity index (χ4v) is 3.44. The first kappa shape index (κ1) is 17.2. The van der Waals surface area contributed by atoms with Crippen molar-refractivity contribution in [1.82, 2.24) is 4.90 Å². The average Bonchev–Trinajstić information content (AvgIpc) is 2.96. The zero-order chi connectivity index (χ0) is 17.5. The minimum Gasteiger partial charge on any atom is -0.444 e. The number of benzene rings is 1. The van der Waals surface area contributed by atoms with Crippen molar-refractivity contribution in [3.8, 4) is 0 Å². The smallest absolute Gasteiger partial charge is 0.410 e. The molecule has 5 nitrogen and oxygen atoms in total. The van der Waals surface area contributed by atoms with E-state index in [-0.39, 0.29) is 30.7 Å². The summed E-state index contributed by atoms with van der Waals surface area (Å²) in [6, 6.07) is 4.18. The molecule has 0 saturated carbocycles. The van der Waals surface area contributed by atoms with Gasteiger partial charge in [-0.1, -0.05) is 6.07 Å². The second-order valence-electron chi connectivity index (χ2n) is 7.43. The summed E-state index contributed by atoms with van der Waals surface area (Å²) >= 11 is 0. The van der Waals surface area contributed by atoms with E-state index in [1.54, 1.807) is 11.0 Å². The Kier molecular flexibility index (Phi) is 4.53. The van der Waals surface area contributed by atoms with Crippen LogP contribution in [0.4, 0.5) is 9.18 Å². The highest BCUT2D eigenvalue weighted by Crippen LogP contribution is 2.40. The number of carbonyl (C=O) groups excluding carboxylic acids is 1. The summed E-state index contributed by atoms with van der Waals surface area (Å²) in [5.41, 5.74) is 0.729. The zero-order valence-electron chi connectivity index (χ0n) is 14.3. The molecule has 1 saturated heterocycles. The Balaban J connectivity index is 1.86. The van der Waals surface area contributed by atoms with E-state index in [2.05, 4.69) is 0 Å². The molecule has 2 aliphatic rings. The van der Waals surface area contributed by atoms with Crippen molar-refractivity contribution in [2.45, 2.75) is 57.5 Å². The predicted octanol–water partition coefficient (Wildman–Crippen LogP) is 3.33. The summed E-state index contributed by atoms with van der Waals surface area (Å²) in [6.07, 6.45) is 0.0744. The first-order chi connectivity index (χ1) is 11.3. The van der Waals surface area contributed by atoms with E-state index in [1.165, 1.54) is 12.1 Å². The van der Waals surface area contributed by atoms with E-state index in [1.807, 2.05) is 20.8 Å². The van der Waals surface area contributed by atoms with Crippen LogP contribution in [-0.2, 0) is 9.47 Å². The predicted molar refractivity (Wildman–Crippen MR) is 86.0 cm³/mol. The number of hydrogen-bond acceptors (Lipinski definition) is 4. The van der Waals surface area contributed by atoms with Crippen LogP contribution < -0.4 is 0 Å². The van der Waals surface area contributed by atoms with Crippen molar-refractivity contribution in [2.75, 3.05) is 13.2 Å². The Bertz CT molecular complexity index is 628. The number of hydrogen-bond donors (Lipinski definition) is 1. The lowest BCUT2D eigenvalue weighted by atomic mass is 9.91. The number of ether oxygens (including phenoxy) is 2. The van der Waals surface area contributed by atoms with E-state index >= 15 is 0 Å². The van der Waals surface area contributed by atoms with Crippen LogP contribution in [-0.4, -0.2) is 40.9 Å². The summed E-state index contributed by atoms with van der Waals surface area (Å²) in [7, 11) is 0. The number of carbonyl (C=O) groups is 1. The topological polar surface area (TPSA) is 59.0 Å². The minimum absolute atomic E-state index is 0.0970. The number of amides is 1. The van der Waals surface area contributed by atoms with Gasteiger partial charge in [0.25, 0.3) is 0 Å². The first-order valence-electron chi connectivity index (χ1n) is 8.35. The lowest BCUT2D eigenvalue weighted by Crippen LogP contribution is -2.44. The number of likely N-dealkylation sites (tertiary alicyclic amines) is 1. The Labute approximate surface area is 141 Å². The number of halogens is 1. The highest BCUT2D eigenvalue weighted by Gasteiger charge is 2.41. The number of aliphatic hydroxyl groups excluding tert-OH is 1. The fourth-order valence-electron chi connectivity index (χ4n) is 3.44. The first-order valence-corrected chi connectivity index (χ1v) is 8.35. The van der Waals surface area contributed by atoms with Crippen molar-refractivity contribution in [1.29, 1.82) is 0 Å². The Morgan fingerprint density at radius 3 is 2.83 bits per heavy atom. The molecule has 1 aromatic carbocycles. The Morgan fingerprint density at radius 2 is 2.12 bits per heavy atom. The van der Waals surface area contributed by atoms with Crippen LogP contribution in [0.15, 0.2) is 18.2 Å². The van der Waals surface area contributed by atoms with E-state index in [4.69, 9.17) is 9.47 Å². The quantitative estimate of drug-likeness (QED) is 0.854. The van der Waals surface area contributed by atoms with Gasteiger partial charge in [-0.25, -0.2) is 9.18 Å². The summed E-state index contributed by atoms with van der Waals surface area (Å²) < 4.78 is 24.8. The molecule has 0 aliphatic carbocycles. The summed E-state index contributed by atoms with van der Waals surface area (Å²) in [5, 5.41) is 10.1. The van der Waals surface area contributed by atoms with E-state index < -0.39 is 11.7 Å². The van der Waals surface area contributed by atoms with E-state index in [9.17, 15) is 14.3 Å². The molecule has 2 unspecified atom stereocenters. The molecule has 1 N–H and O–H groups in total. The number of nitrogens with zero attached hydrogens (tertiary/aromatic N) is 1. The van der Waals surface area contributed by atoms with E-state index in [0.717, 1.165) is 18.4 Å². The molecular weight excluding hydrogens is 313 g/mol. The van der Waals surface area contributed by atoms with Gasteiger partial charge in [-0.15, -0.1) is 0 Å². The molecule has 1 fully saturated rings.